The van der Waals surface area contributed by atoms with Crippen molar-refractivity contribution in [1.82, 2.24) is 10.6 Å². The largest absolute Gasteiger partial charge is 0.480 e. The van der Waals surface area contributed by atoms with Crippen molar-refractivity contribution in [3.63, 3.8) is 0 Å². The van der Waals surface area contributed by atoms with Gasteiger partial charge in [-0.3, -0.25) is 9.59 Å². The fourth-order valence-corrected chi connectivity index (χ4v) is 1.36. The molecule has 17 heavy (non-hydrogen) atoms. The molecule has 0 heterocycles. The number of rotatable bonds is 10. The van der Waals surface area contributed by atoms with Crippen LogP contribution in [-0.4, -0.2) is 36.1 Å². The Labute approximate surface area is 103 Å². The molecule has 0 saturated carbocycles. The standard InChI is InChI=1S/C12H24N2O3/c1-3-5-7-13-10(12(16)17)9-11(15)14-8-6-4-2/h10,13H,3-9H2,1-2H3,(H,14,15)(H,16,17)/t10-/m1/s1. The quantitative estimate of drug-likeness (QED) is 0.503. The topological polar surface area (TPSA) is 78.4 Å². The second-order valence-electron chi connectivity index (χ2n) is 4.11. The smallest absolute Gasteiger partial charge is 0.321 e. The van der Waals surface area contributed by atoms with Gasteiger partial charge < -0.3 is 15.7 Å². The summed E-state index contributed by atoms with van der Waals surface area (Å²) in [5, 5.41) is 14.5. The minimum Gasteiger partial charge on any atom is -0.480 e. The van der Waals surface area contributed by atoms with E-state index in [4.69, 9.17) is 5.11 Å². The third kappa shape index (κ3) is 8.68. The zero-order chi connectivity index (χ0) is 13.1. The third-order valence-electron chi connectivity index (χ3n) is 2.46. The van der Waals surface area contributed by atoms with E-state index in [1.165, 1.54) is 0 Å². The lowest BCUT2D eigenvalue weighted by molar-refractivity contribution is -0.141. The van der Waals surface area contributed by atoms with Gasteiger partial charge in [0.2, 0.25) is 5.91 Å². The molecule has 0 bridgehead atoms. The Bertz CT molecular complexity index is 232. The molecule has 0 aliphatic carbocycles. The first-order chi connectivity index (χ1) is 8.11. The highest BCUT2D eigenvalue weighted by molar-refractivity contribution is 5.84. The zero-order valence-electron chi connectivity index (χ0n) is 10.8. The number of carboxylic acid groups (broad SMARTS) is 1. The highest BCUT2D eigenvalue weighted by Gasteiger charge is 2.19. The summed E-state index contributed by atoms with van der Waals surface area (Å²) < 4.78 is 0. The predicted octanol–water partition coefficient (Wildman–Crippen LogP) is 1.14. The molecule has 0 aromatic heterocycles. The summed E-state index contributed by atoms with van der Waals surface area (Å²) >= 11 is 0. The summed E-state index contributed by atoms with van der Waals surface area (Å²) in [6.07, 6.45) is 3.86. The molecule has 5 nitrogen and oxygen atoms in total. The minimum absolute atomic E-state index is 0.00274. The highest BCUT2D eigenvalue weighted by atomic mass is 16.4. The van der Waals surface area contributed by atoms with Crippen molar-refractivity contribution in [2.24, 2.45) is 0 Å². The molecule has 0 rings (SSSR count). The maximum Gasteiger partial charge on any atom is 0.321 e. The first-order valence-corrected chi connectivity index (χ1v) is 6.34. The van der Waals surface area contributed by atoms with Crippen molar-refractivity contribution in [3.05, 3.63) is 0 Å². The van der Waals surface area contributed by atoms with E-state index >= 15 is 0 Å². The van der Waals surface area contributed by atoms with Gasteiger partial charge in [-0.1, -0.05) is 26.7 Å². The molecule has 3 N–H and O–H groups in total. The SMILES string of the molecule is CCCCNC(=O)C[C@@H](NCCCC)C(=O)O. The van der Waals surface area contributed by atoms with Crippen molar-refractivity contribution in [2.45, 2.75) is 52.0 Å². The molecule has 100 valence electrons. The number of carboxylic acids is 1. The summed E-state index contributed by atoms with van der Waals surface area (Å²) in [7, 11) is 0. The van der Waals surface area contributed by atoms with Gasteiger partial charge >= 0.3 is 5.97 Å². The first-order valence-electron chi connectivity index (χ1n) is 6.34. The molecule has 0 aliphatic heterocycles. The van der Waals surface area contributed by atoms with Crippen LogP contribution in [0.3, 0.4) is 0 Å². The van der Waals surface area contributed by atoms with Gasteiger partial charge in [0.1, 0.15) is 6.04 Å². The van der Waals surface area contributed by atoms with Crippen molar-refractivity contribution in [2.75, 3.05) is 13.1 Å². The minimum atomic E-state index is -0.966. The number of aliphatic carboxylic acids is 1. The van der Waals surface area contributed by atoms with Crippen LogP contribution in [0.25, 0.3) is 0 Å². The zero-order valence-corrected chi connectivity index (χ0v) is 10.8. The van der Waals surface area contributed by atoms with Crippen LogP contribution >= 0.6 is 0 Å². The Kier molecular flexibility index (Phi) is 9.43. The number of carbonyl (C=O) groups is 2. The summed E-state index contributed by atoms with van der Waals surface area (Å²) in [5.74, 6) is -1.17. The molecule has 0 aromatic rings. The summed E-state index contributed by atoms with van der Waals surface area (Å²) in [4.78, 5) is 22.4. The van der Waals surface area contributed by atoms with Crippen molar-refractivity contribution in [3.8, 4) is 0 Å². The maximum absolute atomic E-state index is 11.5. The number of hydrogen-bond donors (Lipinski definition) is 3. The number of amides is 1. The summed E-state index contributed by atoms with van der Waals surface area (Å²) in [6.45, 7) is 5.33. The molecule has 1 amide bonds. The van der Waals surface area contributed by atoms with Crippen LogP contribution < -0.4 is 10.6 Å². The maximum atomic E-state index is 11.5. The van der Waals surface area contributed by atoms with Gasteiger partial charge in [0.05, 0.1) is 6.42 Å². The Balaban J connectivity index is 3.89. The lowest BCUT2D eigenvalue weighted by Crippen LogP contribution is -2.41. The van der Waals surface area contributed by atoms with E-state index in [1.807, 2.05) is 13.8 Å². The van der Waals surface area contributed by atoms with Gasteiger partial charge in [0, 0.05) is 6.54 Å². The van der Waals surface area contributed by atoms with Crippen molar-refractivity contribution in [1.29, 1.82) is 0 Å². The Morgan fingerprint density at radius 1 is 1.12 bits per heavy atom. The number of nitrogens with one attached hydrogen (secondary N) is 2. The third-order valence-corrected chi connectivity index (χ3v) is 2.46. The Morgan fingerprint density at radius 2 is 1.71 bits per heavy atom. The van der Waals surface area contributed by atoms with Gasteiger partial charge in [-0.25, -0.2) is 0 Å². The van der Waals surface area contributed by atoms with E-state index < -0.39 is 12.0 Å². The molecule has 0 aromatic carbocycles. The van der Waals surface area contributed by atoms with E-state index in [0.717, 1.165) is 25.7 Å². The van der Waals surface area contributed by atoms with Gasteiger partial charge in [0.25, 0.3) is 0 Å². The molecule has 0 aliphatic rings. The average molecular weight is 244 g/mol. The van der Waals surface area contributed by atoms with Crippen molar-refractivity contribution < 1.29 is 14.7 Å². The van der Waals surface area contributed by atoms with Gasteiger partial charge in [-0.2, -0.15) is 0 Å². The summed E-state index contributed by atoms with van der Waals surface area (Å²) in [5.41, 5.74) is 0. The highest BCUT2D eigenvalue weighted by Crippen LogP contribution is 1.95. The second-order valence-corrected chi connectivity index (χ2v) is 4.11. The average Bonchev–Trinajstić information content (AvgIpc) is 2.28. The van der Waals surface area contributed by atoms with E-state index in [-0.39, 0.29) is 12.3 Å². The van der Waals surface area contributed by atoms with Gasteiger partial charge in [0.15, 0.2) is 0 Å². The van der Waals surface area contributed by atoms with E-state index in [2.05, 4.69) is 10.6 Å². The fourth-order valence-electron chi connectivity index (χ4n) is 1.36. The first kappa shape index (κ1) is 15.9. The Morgan fingerprint density at radius 3 is 2.24 bits per heavy atom. The van der Waals surface area contributed by atoms with Crippen LogP contribution in [0.1, 0.15) is 46.0 Å². The van der Waals surface area contributed by atoms with Gasteiger partial charge in [-0.15, -0.1) is 0 Å². The van der Waals surface area contributed by atoms with Crippen LogP contribution in [0.15, 0.2) is 0 Å². The number of unbranched alkanes of at least 4 members (excludes halogenated alkanes) is 2. The van der Waals surface area contributed by atoms with Crippen molar-refractivity contribution >= 4 is 11.9 Å². The lowest BCUT2D eigenvalue weighted by Gasteiger charge is -2.13. The molecule has 0 radical (unpaired) electrons. The second kappa shape index (κ2) is 10.1. The van der Waals surface area contributed by atoms with Crippen LogP contribution in [-0.2, 0) is 9.59 Å². The van der Waals surface area contributed by atoms with Crippen LogP contribution in [0.5, 0.6) is 0 Å². The number of hydrogen-bond acceptors (Lipinski definition) is 3. The lowest BCUT2D eigenvalue weighted by atomic mass is 10.2. The fraction of sp³-hybridized carbons (Fsp3) is 0.833. The summed E-state index contributed by atoms with van der Waals surface area (Å²) in [6, 6.07) is -0.775. The van der Waals surface area contributed by atoms with E-state index in [9.17, 15) is 9.59 Å². The predicted molar refractivity (Wildman–Crippen MR) is 66.9 cm³/mol. The molecule has 0 saturated heterocycles. The van der Waals surface area contributed by atoms with E-state index in [1.54, 1.807) is 0 Å². The van der Waals surface area contributed by atoms with Crippen LogP contribution in [0.4, 0.5) is 0 Å². The van der Waals surface area contributed by atoms with Crippen LogP contribution in [0.2, 0.25) is 0 Å². The molecule has 5 heteroatoms. The molecule has 0 spiro atoms. The van der Waals surface area contributed by atoms with E-state index in [0.29, 0.717) is 13.1 Å². The monoisotopic (exact) mass is 244 g/mol. The Hall–Kier alpha value is -1.10. The molecule has 0 fully saturated rings. The van der Waals surface area contributed by atoms with Crippen LogP contribution in [0, 0.1) is 0 Å². The molecular weight excluding hydrogens is 220 g/mol. The van der Waals surface area contributed by atoms with Gasteiger partial charge in [-0.05, 0) is 19.4 Å². The normalized spacial score (nSPS) is 12.1. The number of carbonyl (C=O) groups excluding carboxylic acids is 1. The molecular formula is C12H24N2O3. The molecule has 1 atom stereocenters. The molecule has 0 unspecified atom stereocenters.